The van der Waals surface area contributed by atoms with E-state index < -0.39 is 0 Å². The molecule has 0 spiro atoms. The molecule has 1 amide bonds. The number of fused-ring (bicyclic) bond motifs is 3. The van der Waals surface area contributed by atoms with Crippen LogP contribution in [0, 0.1) is 17.8 Å². The molecule has 2 saturated carbocycles. The maximum atomic E-state index is 12.3. The zero-order valence-corrected chi connectivity index (χ0v) is 12.5. The molecule has 3 unspecified atom stereocenters. The second-order valence-corrected chi connectivity index (χ2v) is 7.09. The molecule has 1 aliphatic heterocycles. The van der Waals surface area contributed by atoms with Crippen molar-refractivity contribution in [1.29, 1.82) is 0 Å². The zero-order valence-electron chi connectivity index (χ0n) is 12.5. The number of carbonyl (C=O) groups excluding carboxylic acids is 1. The lowest BCUT2D eigenvalue weighted by molar-refractivity contribution is -0.117. The fraction of sp³-hybridized carbons (Fsp3) is 0.611. The first-order valence-corrected chi connectivity index (χ1v) is 8.44. The molecule has 3 heteroatoms. The van der Waals surface area contributed by atoms with Crippen molar-refractivity contribution in [3.05, 3.63) is 23.8 Å². The first kappa shape index (κ1) is 13.2. The van der Waals surface area contributed by atoms with E-state index in [-0.39, 0.29) is 5.91 Å². The number of carbonyl (C=O) groups is 1. The van der Waals surface area contributed by atoms with Gasteiger partial charge in [-0.2, -0.15) is 0 Å². The molecule has 2 fully saturated rings. The Kier molecular flexibility index (Phi) is 3.36. The Morgan fingerprint density at radius 1 is 1.29 bits per heavy atom. The number of benzene rings is 1. The van der Waals surface area contributed by atoms with E-state index in [1.807, 2.05) is 6.07 Å². The van der Waals surface area contributed by atoms with Crippen LogP contribution in [0.25, 0.3) is 0 Å². The number of rotatable bonds is 3. The van der Waals surface area contributed by atoms with Crippen LogP contribution in [0.15, 0.2) is 18.2 Å². The van der Waals surface area contributed by atoms with Gasteiger partial charge in [-0.15, -0.1) is 0 Å². The standard InChI is InChI=1S/C18H24N2O/c21-18(10-15-9-12-3-4-14(15)8-12)20-16-6-5-13-2-1-7-19-17(13)11-16/h5-6,11-12,14-15,19H,1-4,7-10H2,(H,20,21). The van der Waals surface area contributed by atoms with E-state index in [1.54, 1.807) is 0 Å². The van der Waals surface area contributed by atoms with Gasteiger partial charge in [0.2, 0.25) is 5.91 Å². The predicted octanol–water partition coefficient (Wildman–Crippen LogP) is 3.81. The van der Waals surface area contributed by atoms with Crippen LogP contribution in [0.3, 0.4) is 0 Å². The molecule has 0 aromatic heterocycles. The van der Waals surface area contributed by atoms with Gasteiger partial charge in [0.05, 0.1) is 0 Å². The van der Waals surface area contributed by atoms with Crippen molar-refractivity contribution in [3.8, 4) is 0 Å². The van der Waals surface area contributed by atoms with Gasteiger partial charge in [0, 0.05) is 24.3 Å². The lowest BCUT2D eigenvalue weighted by Gasteiger charge is -2.22. The van der Waals surface area contributed by atoms with Gasteiger partial charge in [0.1, 0.15) is 0 Å². The molecular weight excluding hydrogens is 260 g/mol. The van der Waals surface area contributed by atoms with Gasteiger partial charge < -0.3 is 10.6 Å². The quantitative estimate of drug-likeness (QED) is 0.886. The molecule has 3 aliphatic rings. The Morgan fingerprint density at radius 3 is 3.05 bits per heavy atom. The van der Waals surface area contributed by atoms with Gasteiger partial charge >= 0.3 is 0 Å². The number of aryl methyl sites for hydroxylation is 1. The maximum absolute atomic E-state index is 12.3. The molecule has 0 radical (unpaired) electrons. The molecule has 1 aromatic carbocycles. The largest absolute Gasteiger partial charge is 0.385 e. The van der Waals surface area contributed by atoms with Gasteiger partial charge in [-0.1, -0.05) is 12.5 Å². The first-order valence-electron chi connectivity index (χ1n) is 8.44. The van der Waals surface area contributed by atoms with Crippen molar-refractivity contribution >= 4 is 17.3 Å². The molecule has 2 bridgehead atoms. The lowest BCUT2D eigenvalue weighted by atomic mass is 9.86. The van der Waals surface area contributed by atoms with Crippen LogP contribution in [-0.4, -0.2) is 12.5 Å². The van der Waals surface area contributed by atoms with Crippen LogP contribution in [0.2, 0.25) is 0 Å². The summed E-state index contributed by atoms with van der Waals surface area (Å²) in [4.78, 5) is 12.3. The fourth-order valence-electron chi connectivity index (χ4n) is 4.62. The minimum Gasteiger partial charge on any atom is -0.385 e. The van der Waals surface area contributed by atoms with Crippen LogP contribution in [0.1, 0.15) is 44.1 Å². The molecule has 112 valence electrons. The van der Waals surface area contributed by atoms with Crippen molar-refractivity contribution in [2.75, 3.05) is 17.2 Å². The SMILES string of the molecule is O=C(CC1CC2CCC1C2)Nc1ccc2c(c1)NCCC2. The number of amides is 1. The van der Waals surface area contributed by atoms with E-state index in [1.165, 1.54) is 43.4 Å². The minimum atomic E-state index is 0.198. The van der Waals surface area contributed by atoms with Crippen molar-refractivity contribution in [2.24, 2.45) is 17.8 Å². The highest BCUT2D eigenvalue weighted by atomic mass is 16.1. The van der Waals surface area contributed by atoms with Crippen LogP contribution < -0.4 is 10.6 Å². The summed E-state index contributed by atoms with van der Waals surface area (Å²) in [6.45, 7) is 1.04. The second kappa shape index (κ2) is 5.36. The third kappa shape index (κ3) is 2.66. The van der Waals surface area contributed by atoms with E-state index in [0.29, 0.717) is 12.3 Å². The lowest BCUT2D eigenvalue weighted by Crippen LogP contribution is -2.20. The average molecular weight is 284 g/mol. The summed E-state index contributed by atoms with van der Waals surface area (Å²) >= 11 is 0. The van der Waals surface area contributed by atoms with Gasteiger partial charge in [0.25, 0.3) is 0 Å². The molecule has 0 saturated heterocycles. The highest BCUT2D eigenvalue weighted by molar-refractivity contribution is 5.91. The molecule has 3 nitrogen and oxygen atoms in total. The zero-order chi connectivity index (χ0) is 14.2. The minimum absolute atomic E-state index is 0.198. The Balaban J connectivity index is 1.38. The van der Waals surface area contributed by atoms with Crippen molar-refractivity contribution in [2.45, 2.75) is 44.9 Å². The number of anilines is 2. The van der Waals surface area contributed by atoms with Gasteiger partial charge in [-0.05, 0) is 67.6 Å². The molecule has 1 heterocycles. The van der Waals surface area contributed by atoms with Crippen LogP contribution in [0.4, 0.5) is 11.4 Å². The van der Waals surface area contributed by atoms with Crippen LogP contribution in [-0.2, 0) is 11.2 Å². The van der Waals surface area contributed by atoms with Crippen molar-refractivity contribution in [3.63, 3.8) is 0 Å². The highest BCUT2D eigenvalue weighted by Gasteiger charge is 2.40. The number of nitrogens with one attached hydrogen (secondary N) is 2. The second-order valence-electron chi connectivity index (χ2n) is 7.09. The topological polar surface area (TPSA) is 41.1 Å². The summed E-state index contributed by atoms with van der Waals surface area (Å²) in [5.74, 6) is 2.58. The third-order valence-electron chi connectivity index (χ3n) is 5.66. The molecule has 2 aliphatic carbocycles. The van der Waals surface area contributed by atoms with Gasteiger partial charge in [-0.25, -0.2) is 0 Å². The highest BCUT2D eigenvalue weighted by Crippen LogP contribution is 2.49. The molecule has 21 heavy (non-hydrogen) atoms. The fourth-order valence-corrected chi connectivity index (χ4v) is 4.62. The molecule has 4 rings (SSSR count). The van der Waals surface area contributed by atoms with Gasteiger partial charge in [-0.3, -0.25) is 4.79 Å². The monoisotopic (exact) mass is 284 g/mol. The Labute approximate surface area is 126 Å². The average Bonchev–Trinajstić information content (AvgIpc) is 3.09. The Hall–Kier alpha value is -1.51. The summed E-state index contributed by atoms with van der Waals surface area (Å²) in [6.07, 6.45) is 8.46. The van der Waals surface area contributed by atoms with Crippen LogP contribution in [0.5, 0.6) is 0 Å². The van der Waals surface area contributed by atoms with Crippen molar-refractivity contribution in [1.82, 2.24) is 0 Å². The van der Waals surface area contributed by atoms with E-state index in [4.69, 9.17) is 0 Å². The summed E-state index contributed by atoms with van der Waals surface area (Å²) in [6, 6.07) is 6.28. The summed E-state index contributed by atoms with van der Waals surface area (Å²) in [5, 5.41) is 6.52. The van der Waals surface area contributed by atoms with E-state index >= 15 is 0 Å². The van der Waals surface area contributed by atoms with Gasteiger partial charge in [0.15, 0.2) is 0 Å². The molecular formula is C18H24N2O. The summed E-state index contributed by atoms with van der Waals surface area (Å²) in [7, 11) is 0. The Bertz CT molecular complexity index is 554. The Morgan fingerprint density at radius 2 is 2.24 bits per heavy atom. The predicted molar refractivity (Wildman–Crippen MR) is 85.4 cm³/mol. The third-order valence-corrected chi connectivity index (χ3v) is 5.66. The maximum Gasteiger partial charge on any atom is 0.224 e. The molecule has 1 aromatic rings. The molecule has 2 N–H and O–H groups in total. The first-order chi connectivity index (χ1) is 10.3. The number of hydrogen-bond acceptors (Lipinski definition) is 2. The van der Waals surface area contributed by atoms with E-state index in [9.17, 15) is 4.79 Å². The normalized spacial score (nSPS) is 29.8. The summed E-state index contributed by atoms with van der Waals surface area (Å²) < 4.78 is 0. The van der Waals surface area contributed by atoms with Crippen LogP contribution >= 0.6 is 0 Å². The van der Waals surface area contributed by atoms with E-state index in [2.05, 4.69) is 22.8 Å². The van der Waals surface area contributed by atoms with E-state index in [0.717, 1.165) is 30.5 Å². The smallest absolute Gasteiger partial charge is 0.224 e. The van der Waals surface area contributed by atoms with Crippen molar-refractivity contribution < 1.29 is 4.79 Å². The summed E-state index contributed by atoms with van der Waals surface area (Å²) in [5.41, 5.74) is 3.50. The molecule has 3 atom stereocenters. The number of hydrogen-bond donors (Lipinski definition) is 2.